The summed E-state index contributed by atoms with van der Waals surface area (Å²) in [6.07, 6.45) is 0. The van der Waals surface area contributed by atoms with Crippen molar-refractivity contribution in [3.63, 3.8) is 0 Å². The monoisotopic (exact) mass is 600 g/mol. The maximum Gasteiger partial charge on any atom is 0.115 e. The lowest BCUT2D eigenvalue weighted by atomic mass is 9.93. The Kier molecular flexibility index (Phi) is 5.43. The second-order valence-electron chi connectivity index (χ2n) is 12.0. The highest BCUT2D eigenvalue weighted by Crippen LogP contribution is 2.39. The van der Waals surface area contributed by atoms with Crippen LogP contribution in [0.1, 0.15) is 0 Å². The van der Waals surface area contributed by atoms with Gasteiger partial charge in [0.15, 0.2) is 0 Å². The first-order valence-electron chi connectivity index (χ1n) is 15.6. The molecule has 0 aliphatic heterocycles. The van der Waals surface area contributed by atoms with E-state index in [1.165, 1.54) is 75.9 Å². The Hall–Kier alpha value is -5.58. The molecule has 0 atom stereocenters. The fourth-order valence-corrected chi connectivity index (χ4v) is 8.52. The molecule has 0 amide bonds. The standard InChI is InChI=1S/C42H25BN2S/c43-36-25-29(24-35-32-14-6-9-17-41(32)46-42(35)36)45-38-16-8-5-13-31(38)34-23-27(19-21-40(34)45)26-18-20-39-33(22-26)30-12-4-7-15-37(30)44(39)28-10-2-1-3-11-28/h1-25H. The Morgan fingerprint density at radius 2 is 0.913 bits per heavy atom. The first-order valence-corrected chi connectivity index (χ1v) is 16.4. The van der Waals surface area contributed by atoms with Gasteiger partial charge >= 0.3 is 0 Å². The summed E-state index contributed by atoms with van der Waals surface area (Å²) < 4.78 is 7.15. The van der Waals surface area contributed by atoms with E-state index in [4.69, 9.17) is 7.85 Å². The number of benzene rings is 7. The number of hydrogen-bond acceptors (Lipinski definition) is 1. The van der Waals surface area contributed by atoms with Crippen molar-refractivity contribution in [2.75, 3.05) is 0 Å². The fraction of sp³-hybridized carbons (Fsp3) is 0. The molecular formula is C42H25BN2S. The van der Waals surface area contributed by atoms with E-state index >= 15 is 0 Å². The van der Waals surface area contributed by atoms with Gasteiger partial charge < -0.3 is 9.13 Å². The lowest BCUT2D eigenvalue weighted by Crippen LogP contribution is -2.05. The molecular weight excluding hydrogens is 575 g/mol. The number of aromatic nitrogens is 2. The van der Waals surface area contributed by atoms with Crippen LogP contribution in [0, 0.1) is 0 Å². The van der Waals surface area contributed by atoms with E-state index in [-0.39, 0.29) is 0 Å². The number of rotatable bonds is 3. The van der Waals surface area contributed by atoms with Crippen LogP contribution in [0.15, 0.2) is 152 Å². The largest absolute Gasteiger partial charge is 0.309 e. The average Bonchev–Trinajstić information content (AvgIpc) is 3.76. The summed E-state index contributed by atoms with van der Waals surface area (Å²) in [4.78, 5) is 0. The molecule has 0 aliphatic rings. The van der Waals surface area contributed by atoms with E-state index in [0.29, 0.717) is 0 Å². The number of thiophene rings is 1. The first-order chi connectivity index (χ1) is 22.7. The Labute approximate surface area is 270 Å². The lowest BCUT2D eigenvalue weighted by molar-refractivity contribution is 1.18. The normalized spacial score (nSPS) is 12.0. The van der Waals surface area contributed by atoms with Crippen LogP contribution in [-0.2, 0) is 0 Å². The van der Waals surface area contributed by atoms with Crippen molar-refractivity contribution >= 4 is 88.4 Å². The molecule has 0 saturated heterocycles. The predicted molar refractivity (Wildman–Crippen MR) is 199 cm³/mol. The molecule has 2 nitrogen and oxygen atoms in total. The van der Waals surface area contributed by atoms with Gasteiger partial charge in [-0.3, -0.25) is 0 Å². The van der Waals surface area contributed by atoms with Crippen LogP contribution in [0.3, 0.4) is 0 Å². The highest BCUT2D eigenvalue weighted by Gasteiger charge is 2.17. The Morgan fingerprint density at radius 3 is 1.57 bits per heavy atom. The summed E-state index contributed by atoms with van der Waals surface area (Å²) in [6, 6.07) is 54.8. The maximum atomic E-state index is 6.73. The van der Waals surface area contributed by atoms with E-state index in [1.54, 1.807) is 11.3 Å². The quantitative estimate of drug-likeness (QED) is 0.179. The third kappa shape index (κ3) is 3.65. The van der Waals surface area contributed by atoms with E-state index in [0.717, 1.165) is 15.9 Å². The zero-order chi connectivity index (χ0) is 30.4. The smallest absolute Gasteiger partial charge is 0.115 e. The van der Waals surface area contributed by atoms with E-state index in [2.05, 4.69) is 161 Å². The molecule has 0 spiro atoms. The van der Waals surface area contributed by atoms with Crippen molar-refractivity contribution in [2.45, 2.75) is 0 Å². The van der Waals surface area contributed by atoms with Crippen LogP contribution in [-0.4, -0.2) is 17.0 Å². The molecule has 7 aromatic carbocycles. The summed E-state index contributed by atoms with van der Waals surface area (Å²) in [5, 5.41) is 7.44. The van der Waals surface area contributed by atoms with Crippen LogP contribution in [0.25, 0.3) is 86.3 Å². The first kappa shape index (κ1) is 25.7. The molecule has 3 aromatic heterocycles. The third-order valence-electron chi connectivity index (χ3n) is 9.44. The minimum Gasteiger partial charge on any atom is -0.309 e. The summed E-state index contributed by atoms with van der Waals surface area (Å²) in [7, 11) is 6.73. The van der Waals surface area contributed by atoms with Crippen molar-refractivity contribution in [2.24, 2.45) is 0 Å². The molecule has 10 rings (SSSR count). The summed E-state index contributed by atoms with van der Waals surface area (Å²) in [5.74, 6) is 0. The second-order valence-corrected chi connectivity index (χ2v) is 13.1. The fourth-order valence-electron chi connectivity index (χ4n) is 7.41. The van der Waals surface area contributed by atoms with Gasteiger partial charge in [-0.1, -0.05) is 90.4 Å². The third-order valence-corrected chi connectivity index (χ3v) is 10.7. The minimum absolute atomic E-state index is 0.819. The SMILES string of the molecule is [B]c1cc(-n2c3ccccc3c3cc(-c4ccc5c(c4)c4ccccc4n5-c4ccccc4)ccc32)cc2c1sc1ccccc12. The second kappa shape index (κ2) is 9.71. The molecule has 10 aromatic rings. The van der Waals surface area contributed by atoms with Gasteiger partial charge in [0.2, 0.25) is 0 Å². The van der Waals surface area contributed by atoms with Crippen molar-refractivity contribution in [1.82, 2.24) is 9.13 Å². The molecule has 3 heterocycles. The molecule has 2 radical (unpaired) electrons. The van der Waals surface area contributed by atoms with Crippen molar-refractivity contribution in [3.8, 4) is 22.5 Å². The summed E-state index contributed by atoms with van der Waals surface area (Å²) in [5.41, 5.74) is 10.3. The summed E-state index contributed by atoms with van der Waals surface area (Å²) in [6.45, 7) is 0. The molecule has 0 saturated carbocycles. The zero-order valence-corrected chi connectivity index (χ0v) is 25.6. The molecule has 0 unspecified atom stereocenters. The highest BCUT2D eigenvalue weighted by atomic mass is 32.1. The van der Waals surface area contributed by atoms with Gasteiger partial charge in [-0.05, 0) is 77.9 Å². The van der Waals surface area contributed by atoms with Crippen molar-refractivity contribution in [3.05, 3.63) is 152 Å². The average molecular weight is 601 g/mol. The number of nitrogens with zero attached hydrogens (tertiary/aromatic N) is 2. The molecule has 212 valence electrons. The van der Waals surface area contributed by atoms with Gasteiger partial charge in [0.25, 0.3) is 0 Å². The predicted octanol–water partition coefficient (Wildman–Crippen LogP) is 10.7. The van der Waals surface area contributed by atoms with Gasteiger partial charge in [-0.2, -0.15) is 0 Å². The maximum absolute atomic E-state index is 6.73. The topological polar surface area (TPSA) is 9.86 Å². The van der Waals surface area contributed by atoms with Crippen LogP contribution < -0.4 is 5.46 Å². The van der Waals surface area contributed by atoms with Crippen molar-refractivity contribution < 1.29 is 0 Å². The van der Waals surface area contributed by atoms with Crippen LogP contribution in [0.5, 0.6) is 0 Å². The Morgan fingerprint density at radius 1 is 0.391 bits per heavy atom. The van der Waals surface area contributed by atoms with Gasteiger partial charge in [0.05, 0.1) is 22.1 Å². The zero-order valence-electron chi connectivity index (χ0n) is 24.8. The minimum atomic E-state index is 0.819. The Bertz CT molecular complexity index is 2820. The Balaban J connectivity index is 1.19. The molecule has 46 heavy (non-hydrogen) atoms. The van der Waals surface area contributed by atoms with Gasteiger partial charge in [0.1, 0.15) is 7.85 Å². The molecule has 0 N–H and O–H groups in total. The molecule has 0 fully saturated rings. The summed E-state index contributed by atoms with van der Waals surface area (Å²) >= 11 is 1.77. The van der Waals surface area contributed by atoms with Gasteiger partial charge in [0, 0.05) is 53.1 Å². The molecule has 0 aliphatic carbocycles. The van der Waals surface area contributed by atoms with E-state index in [1.807, 2.05) is 0 Å². The molecule has 4 heteroatoms. The number of fused-ring (bicyclic) bond motifs is 9. The number of hydrogen-bond donors (Lipinski definition) is 0. The van der Waals surface area contributed by atoms with Crippen molar-refractivity contribution in [1.29, 1.82) is 0 Å². The number of para-hydroxylation sites is 3. The van der Waals surface area contributed by atoms with E-state index in [9.17, 15) is 0 Å². The van der Waals surface area contributed by atoms with Gasteiger partial charge in [-0.15, -0.1) is 11.3 Å². The highest BCUT2D eigenvalue weighted by molar-refractivity contribution is 7.26. The lowest BCUT2D eigenvalue weighted by Gasteiger charge is -2.11. The molecule has 0 bridgehead atoms. The van der Waals surface area contributed by atoms with E-state index < -0.39 is 0 Å². The van der Waals surface area contributed by atoms with Crippen LogP contribution >= 0.6 is 11.3 Å². The van der Waals surface area contributed by atoms with Crippen LogP contribution in [0.2, 0.25) is 0 Å². The van der Waals surface area contributed by atoms with Gasteiger partial charge in [-0.25, -0.2) is 0 Å². The van der Waals surface area contributed by atoms with Crippen LogP contribution in [0.4, 0.5) is 0 Å².